The molecule has 3 fully saturated rings. The Morgan fingerprint density at radius 3 is 2.29 bits per heavy atom. The predicted molar refractivity (Wildman–Crippen MR) is 179 cm³/mol. The summed E-state index contributed by atoms with van der Waals surface area (Å²) >= 11 is 0. The number of hydrogen-bond acceptors (Lipinski definition) is 8. The molecular formula is C37H41N7O4. The quantitative estimate of drug-likeness (QED) is 0.236. The van der Waals surface area contributed by atoms with Gasteiger partial charge in [-0.15, -0.1) is 0 Å². The van der Waals surface area contributed by atoms with E-state index in [0.29, 0.717) is 36.7 Å². The molecule has 2 saturated carbocycles. The van der Waals surface area contributed by atoms with E-state index in [1.165, 1.54) is 4.90 Å². The zero-order chi connectivity index (χ0) is 33.2. The molecule has 2 aliphatic heterocycles. The Hall–Kier alpha value is -4.64. The van der Waals surface area contributed by atoms with E-state index in [0.717, 1.165) is 78.9 Å². The van der Waals surface area contributed by atoms with Crippen LogP contribution >= 0.6 is 0 Å². The zero-order valence-electron chi connectivity index (χ0n) is 27.8. The third kappa shape index (κ3) is 5.96. The van der Waals surface area contributed by atoms with Crippen molar-refractivity contribution < 1.29 is 19.1 Å². The highest BCUT2D eigenvalue weighted by Crippen LogP contribution is 2.46. The van der Waals surface area contributed by atoms with Crippen molar-refractivity contribution in [2.24, 2.45) is 5.92 Å². The molecule has 0 N–H and O–H groups in total. The van der Waals surface area contributed by atoms with Crippen LogP contribution in [0.15, 0.2) is 54.9 Å². The number of piperazine rings is 1. The fourth-order valence-corrected chi connectivity index (χ4v) is 7.14. The van der Waals surface area contributed by atoms with E-state index in [4.69, 9.17) is 19.8 Å². The van der Waals surface area contributed by atoms with Crippen LogP contribution in [0.1, 0.15) is 90.4 Å². The number of carbonyl (C=O) groups is 3. The molecule has 0 atom stereocenters. The first kappa shape index (κ1) is 30.7. The normalized spacial score (nSPS) is 21.5. The van der Waals surface area contributed by atoms with Crippen molar-refractivity contribution in [3.8, 4) is 11.3 Å². The molecule has 0 unspecified atom stereocenters. The fraction of sp³-hybridized carbons (Fsp3) is 0.459. The van der Waals surface area contributed by atoms with Crippen molar-refractivity contribution in [3.63, 3.8) is 0 Å². The van der Waals surface area contributed by atoms with E-state index in [1.807, 2.05) is 33.0 Å². The monoisotopic (exact) mass is 647 g/mol. The summed E-state index contributed by atoms with van der Waals surface area (Å²) in [6, 6.07) is 13.6. The molecule has 2 aromatic heterocycles. The molecule has 2 aromatic carbocycles. The van der Waals surface area contributed by atoms with Gasteiger partial charge in [-0.3, -0.25) is 29.1 Å². The third-order valence-electron chi connectivity index (χ3n) is 9.94. The van der Waals surface area contributed by atoms with Crippen LogP contribution in [0.3, 0.4) is 0 Å². The Kier molecular flexibility index (Phi) is 7.54. The molecular weight excluding hydrogens is 606 g/mol. The number of hydrogen-bond donors (Lipinski definition) is 0. The van der Waals surface area contributed by atoms with Crippen LogP contribution in [0.25, 0.3) is 22.3 Å². The van der Waals surface area contributed by atoms with Crippen LogP contribution < -0.4 is 0 Å². The molecule has 48 heavy (non-hydrogen) atoms. The molecule has 4 heterocycles. The van der Waals surface area contributed by atoms with E-state index in [1.54, 1.807) is 29.2 Å². The smallest absolute Gasteiger partial charge is 0.410 e. The average molecular weight is 648 g/mol. The number of carbonyl (C=O) groups excluding carboxylic acids is 3. The van der Waals surface area contributed by atoms with Gasteiger partial charge in [-0.25, -0.2) is 9.78 Å². The molecule has 8 rings (SSSR count). The van der Waals surface area contributed by atoms with Gasteiger partial charge in [-0.05, 0) is 82.2 Å². The Bertz CT molecular complexity index is 1880. The van der Waals surface area contributed by atoms with Crippen LogP contribution in [0.2, 0.25) is 0 Å². The maximum atomic E-state index is 12.9. The van der Waals surface area contributed by atoms with Crippen LogP contribution in [0, 0.1) is 5.92 Å². The minimum atomic E-state index is -0.496. The molecule has 1 saturated heterocycles. The summed E-state index contributed by atoms with van der Waals surface area (Å²) in [7, 11) is 0. The molecule has 4 aliphatic rings. The van der Waals surface area contributed by atoms with Gasteiger partial charge in [0, 0.05) is 56.9 Å². The van der Waals surface area contributed by atoms with Crippen molar-refractivity contribution in [1.82, 2.24) is 34.4 Å². The second kappa shape index (κ2) is 11.8. The SMILES string of the molecule is CC(C)(C)OC(=O)N1CCN(Cc2ccc3ncc(-c4cn([C@H]5C[C@H](CN6C(=O)c7ccccc7C6=O)C5)nc4C4CC4)nc3c2)CC1. The minimum Gasteiger partial charge on any atom is -0.444 e. The Balaban J connectivity index is 0.933. The summed E-state index contributed by atoms with van der Waals surface area (Å²) in [5.74, 6) is 0.331. The molecule has 0 radical (unpaired) electrons. The van der Waals surface area contributed by atoms with Gasteiger partial charge in [-0.2, -0.15) is 5.10 Å². The summed E-state index contributed by atoms with van der Waals surface area (Å²) in [6.07, 6.45) is 7.74. The molecule has 2 aliphatic carbocycles. The van der Waals surface area contributed by atoms with E-state index in [2.05, 4.69) is 27.9 Å². The van der Waals surface area contributed by atoms with E-state index < -0.39 is 5.60 Å². The summed E-state index contributed by atoms with van der Waals surface area (Å²) in [5.41, 5.74) is 6.36. The van der Waals surface area contributed by atoms with Crippen LogP contribution in [0.5, 0.6) is 0 Å². The van der Waals surface area contributed by atoms with E-state index >= 15 is 0 Å². The number of fused-ring (bicyclic) bond motifs is 2. The number of amides is 3. The standard InChI is InChI=1S/C37H41N7O4/c1-37(2,3)48-36(47)42-14-12-41(13-15-42)20-23-8-11-30-31(18-23)39-32(19-38-30)29-22-44(40-33(29)25-9-10-25)26-16-24(17-26)21-43-34(45)27-6-4-5-7-28(27)35(43)46/h4-8,11,18-19,22,24-26H,9-10,12-17,20-21H2,1-3H3/t24-,26-. The molecule has 0 bridgehead atoms. The van der Waals surface area contributed by atoms with Crippen molar-refractivity contribution in [2.45, 2.75) is 70.6 Å². The largest absolute Gasteiger partial charge is 0.444 e. The van der Waals surface area contributed by atoms with Crippen molar-refractivity contribution >= 4 is 28.9 Å². The minimum absolute atomic E-state index is 0.185. The number of benzene rings is 2. The van der Waals surface area contributed by atoms with Gasteiger partial charge in [0.1, 0.15) is 5.60 Å². The Morgan fingerprint density at radius 1 is 0.917 bits per heavy atom. The maximum absolute atomic E-state index is 12.9. The zero-order valence-corrected chi connectivity index (χ0v) is 27.8. The van der Waals surface area contributed by atoms with Crippen molar-refractivity contribution in [1.29, 1.82) is 0 Å². The predicted octanol–water partition coefficient (Wildman–Crippen LogP) is 5.67. The molecule has 3 amide bonds. The molecule has 11 nitrogen and oxygen atoms in total. The first-order valence-electron chi connectivity index (χ1n) is 17.1. The number of ether oxygens (including phenoxy) is 1. The Labute approximate surface area is 279 Å². The lowest BCUT2D eigenvalue weighted by atomic mass is 9.80. The molecule has 0 spiro atoms. The van der Waals surface area contributed by atoms with Gasteiger partial charge in [-0.1, -0.05) is 18.2 Å². The maximum Gasteiger partial charge on any atom is 0.410 e. The first-order valence-corrected chi connectivity index (χ1v) is 17.1. The van der Waals surface area contributed by atoms with E-state index in [-0.39, 0.29) is 29.9 Å². The lowest BCUT2D eigenvalue weighted by Crippen LogP contribution is -2.49. The highest BCUT2D eigenvalue weighted by molar-refractivity contribution is 6.21. The second-order valence-corrected chi connectivity index (χ2v) is 14.8. The van der Waals surface area contributed by atoms with Gasteiger partial charge in [0.25, 0.3) is 11.8 Å². The molecule has 11 heteroatoms. The number of imide groups is 1. The van der Waals surface area contributed by atoms with E-state index in [9.17, 15) is 14.4 Å². The third-order valence-corrected chi connectivity index (χ3v) is 9.94. The van der Waals surface area contributed by atoms with Gasteiger partial charge in [0.2, 0.25) is 0 Å². The van der Waals surface area contributed by atoms with Crippen LogP contribution in [0.4, 0.5) is 4.79 Å². The number of rotatable bonds is 7. The lowest BCUT2D eigenvalue weighted by molar-refractivity contribution is 0.0138. The Morgan fingerprint density at radius 2 is 1.62 bits per heavy atom. The van der Waals surface area contributed by atoms with Gasteiger partial charge in [0.15, 0.2) is 0 Å². The lowest BCUT2D eigenvalue weighted by Gasteiger charge is -2.37. The van der Waals surface area contributed by atoms with Crippen LogP contribution in [-0.4, -0.2) is 90.7 Å². The summed E-state index contributed by atoms with van der Waals surface area (Å²) in [5, 5.41) is 5.07. The van der Waals surface area contributed by atoms with Gasteiger partial charge >= 0.3 is 6.09 Å². The van der Waals surface area contributed by atoms with Crippen molar-refractivity contribution in [3.05, 3.63) is 77.2 Å². The fourth-order valence-electron chi connectivity index (χ4n) is 7.14. The second-order valence-electron chi connectivity index (χ2n) is 14.8. The highest BCUT2D eigenvalue weighted by atomic mass is 16.6. The summed E-state index contributed by atoms with van der Waals surface area (Å²) in [4.78, 5) is 53.6. The first-order chi connectivity index (χ1) is 23.1. The van der Waals surface area contributed by atoms with Crippen LogP contribution in [-0.2, 0) is 11.3 Å². The topological polar surface area (TPSA) is 114 Å². The van der Waals surface area contributed by atoms with Gasteiger partial charge < -0.3 is 9.64 Å². The summed E-state index contributed by atoms with van der Waals surface area (Å²) < 4.78 is 7.63. The average Bonchev–Trinajstić information content (AvgIpc) is 3.76. The number of nitrogens with zero attached hydrogens (tertiary/aromatic N) is 7. The van der Waals surface area contributed by atoms with Crippen molar-refractivity contribution in [2.75, 3.05) is 32.7 Å². The van der Waals surface area contributed by atoms with Gasteiger partial charge in [0.05, 0.1) is 45.8 Å². The highest BCUT2D eigenvalue weighted by Gasteiger charge is 2.41. The molecule has 248 valence electrons. The summed E-state index contributed by atoms with van der Waals surface area (Å²) in [6.45, 7) is 9.76. The number of aromatic nitrogens is 4. The molecule has 4 aromatic rings.